The van der Waals surface area contributed by atoms with Crippen LogP contribution in [0.4, 0.5) is 0 Å². The van der Waals surface area contributed by atoms with Crippen molar-refractivity contribution in [3.8, 4) is 5.75 Å². The van der Waals surface area contributed by atoms with Gasteiger partial charge >= 0.3 is 0 Å². The molecule has 0 unspecified atom stereocenters. The number of aliphatic imine (C=N–C) groups is 1. The number of hydrogen-bond donors (Lipinski definition) is 2. The van der Waals surface area contributed by atoms with E-state index in [2.05, 4.69) is 32.7 Å². The summed E-state index contributed by atoms with van der Waals surface area (Å²) in [4.78, 5) is 8.68. The first-order valence-electron chi connectivity index (χ1n) is 8.20. The van der Waals surface area contributed by atoms with Crippen LogP contribution in [-0.2, 0) is 13.1 Å². The Kier molecular flexibility index (Phi) is 7.65. The van der Waals surface area contributed by atoms with Gasteiger partial charge in [-0.2, -0.15) is 0 Å². The summed E-state index contributed by atoms with van der Waals surface area (Å²) in [6.45, 7) is 1.36. The van der Waals surface area contributed by atoms with Crippen LogP contribution in [0.1, 0.15) is 11.1 Å². The molecular weight excluding hydrogens is 439 g/mol. The van der Waals surface area contributed by atoms with E-state index in [9.17, 15) is 0 Å². The fourth-order valence-electron chi connectivity index (χ4n) is 2.68. The third-order valence-electron chi connectivity index (χ3n) is 4.00. The molecule has 0 saturated carbocycles. The van der Waals surface area contributed by atoms with Crippen LogP contribution in [0.15, 0.2) is 65.8 Å². The van der Waals surface area contributed by atoms with Crippen LogP contribution in [-0.4, -0.2) is 25.1 Å². The van der Waals surface area contributed by atoms with Gasteiger partial charge in [0.2, 0.25) is 0 Å². The predicted octanol–water partition coefficient (Wildman–Crippen LogP) is 3.73. The molecule has 0 fully saturated rings. The molecule has 3 aromatic rings. The molecule has 5 nitrogen and oxygen atoms in total. The number of nitrogens with zero attached hydrogens (tertiary/aromatic N) is 2. The minimum absolute atomic E-state index is 0. The smallest absolute Gasteiger partial charge is 0.191 e. The minimum Gasteiger partial charge on any atom is -0.497 e. The molecule has 3 rings (SSSR count). The van der Waals surface area contributed by atoms with Gasteiger partial charge in [0.25, 0.3) is 0 Å². The molecule has 0 amide bonds. The van der Waals surface area contributed by atoms with Crippen molar-refractivity contribution in [3.63, 3.8) is 0 Å². The van der Waals surface area contributed by atoms with E-state index in [0.717, 1.165) is 28.2 Å². The molecule has 1 aromatic heterocycles. The van der Waals surface area contributed by atoms with Crippen LogP contribution < -0.4 is 15.4 Å². The standard InChI is InChI=1S/C20H22N4O.HI/c1-21-20(23-13-15-6-5-7-17(12-15)25-2)24-14-16-10-11-22-19-9-4-3-8-18(16)19;/h3-12H,13-14H2,1-2H3,(H2,21,23,24);1H. The number of para-hydroxylation sites is 1. The number of hydrogen-bond acceptors (Lipinski definition) is 3. The van der Waals surface area contributed by atoms with E-state index in [1.807, 2.05) is 48.7 Å². The van der Waals surface area contributed by atoms with Crippen LogP contribution in [0.2, 0.25) is 0 Å². The van der Waals surface area contributed by atoms with Gasteiger partial charge in [0.1, 0.15) is 5.75 Å². The number of pyridine rings is 1. The highest BCUT2D eigenvalue weighted by molar-refractivity contribution is 14.0. The Labute approximate surface area is 170 Å². The van der Waals surface area contributed by atoms with Gasteiger partial charge in [-0.05, 0) is 35.4 Å². The van der Waals surface area contributed by atoms with Crippen molar-refractivity contribution < 1.29 is 4.74 Å². The lowest BCUT2D eigenvalue weighted by Crippen LogP contribution is -2.36. The summed E-state index contributed by atoms with van der Waals surface area (Å²) in [6, 6.07) is 18.2. The minimum atomic E-state index is 0. The Bertz CT molecular complexity index is 877. The van der Waals surface area contributed by atoms with Crippen molar-refractivity contribution in [2.45, 2.75) is 13.1 Å². The SMILES string of the molecule is CN=C(NCc1cccc(OC)c1)NCc1ccnc2ccccc12.I. The zero-order valence-electron chi connectivity index (χ0n) is 14.9. The van der Waals surface area contributed by atoms with Crippen molar-refractivity contribution in [1.82, 2.24) is 15.6 Å². The molecule has 0 atom stereocenters. The lowest BCUT2D eigenvalue weighted by atomic mass is 10.1. The average Bonchev–Trinajstić information content (AvgIpc) is 2.68. The molecule has 0 saturated heterocycles. The highest BCUT2D eigenvalue weighted by atomic mass is 127. The monoisotopic (exact) mass is 462 g/mol. The number of aromatic nitrogens is 1. The highest BCUT2D eigenvalue weighted by Gasteiger charge is 2.03. The third-order valence-corrected chi connectivity index (χ3v) is 4.00. The fraction of sp³-hybridized carbons (Fsp3) is 0.200. The van der Waals surface area contributed by atoms with Gasteiger partial charge in [0.15, 0.2) is 5.96 Å². The molecule has 0 aliphatic heterocycles. The fourth-order valence-corrected chi connectivity index (χ4v) is 2.68. The number of halogens is 1. The van der Waals surface area contributed by atoms with E-state index in [0.29, 0.717) is 13.1 Å². The molecule has 26 heavy (non-hydrogen) atoms. The van der Waals surface area contributed by atoms with Crippen molar-refractivity contribution in [2.24, 2.45) is 4.99 Å². The maximum atomic E-state index is 5.25. The lowest BCUT2D eigenvalue weighted by Gasteiger charge is -2.13. The van der Waals surface area contributed by atoms with E-state index in [4.69, 9.17) is 4.74 Å². The average molecular weight is 462 g/mol. The van der Waals surface area contributed by atoms with Crippen LogP contribution in [0.25, 0.3) is 10.9 Å². The van der Waals surface area contributed by atoms with Crippen molar-refractivity contribution in [3.05, 3.63) is 71.9 Å². The second kappa shape index (κ2) is 9.96. The Morgan fingerprint density at radius 1 is 1.04 bits per heavy atom. The van der Waals surface area contributed by atoms with Crippen LogP contribution in [0.5, 0.6) is 5.75 Å². The summed E-state index contributed by atoms with van der Waals surface area (Å²) >= 11 is 0. The van der Waals surface area contributed by atoms with Gasteiger partial charge in [-0.3, -0.25) is 9.98 Å². The van der Waals surface area contributed by atoms with E-state index in [-0.39, 0.29) is 24.0 Å². The Balaban J connectivity index is 0.00000243. The molecule has 2 aromatic carbocycles. The third kappa shape index (κ3) is 5.08. The molecule has 0 aliphatic rings. The molecule has 2 N–H and O–H groups in total. The molecule has 6 heteroatoms. The zero-order chi connectivity index (χ0) is 17.5. The Morgan fingerprint density at radius 2 is 1.85 bits per heavy atom. The molecule has 0 radical (unpaired) electrons. The van der Waals surface area contributed by atoms with Crippen molar-refractivity contribution in [1.29, 1.82) is 0 Å². The topological polar surface area (TPSA) is 58.5 Å². The summed E-state index contributed by atoms with van der Waals surface area (Å²) in [6.07, 6.45) is 1.84. The predicted molar refractivity (Wildman–Crippen MR) is 117 cm³/mol. The number of fused-ring (bicyclic) bond motifs is 1. The zero-order valence-corrected chi connectivity index (χ0v) is 17.2. The molecule has 136 valence electrons. The molecule has 0 aliphatic carbocycles. The second-order valence-corrected chi connectivity index (χ2v) is 5.62. The van der Waals surface area contributed by atoms with E-state index in [1.54, 1.807) is 14.2 Å². The van der Waals surface area contributed by atoms with Crippen LogP contribution >= 0.6 is 24.0 Å². The maximum Gasteiger partial charge on any atom is 0.191 e. The van der Waals surface area contributed by atoms with Gasteiger partial charge in [0, 0.05) is 31.7 Å². The summed E-state index contributed by atoms with van der Waals surface area (Å²) in [5, 5.41) is 7.83. The quantitative estimate of drug-likeness (QED) is 0.345. The summed E-state index contributed by atoms with van der Waals surface area (Å²) in [7, 11) is 3.44. The Morgan fingerprint density at radius 3 is 2.65 bits per heavy atom. The second-order valence-electron chi connectivity index (χ2n) is 5.62. The van der Waals surface area contributed by atoms with Gasteiger partial charge < -0.3 is 15.4 Å². The van der Waals surface area contributed by atoms with E-state index < -0.39 is 0 Å². The van der Waals surface area contributed by atoms with Gasteiger partial charge in [-0.1, -0.05) is 30.3 Å². The number of guanidine groups is 1. The summed E-state index contributed by atoms with van der Waals surface area (Å²) in [5.74, 6) is 1.61. The van der Waals surface area contributed by atoms with Crippen molar-refractivity contribution >= 4 is 40.8 Å². The normalized spacial score (nSPS) is 10.9. The molecule has 1 heterocycles. The first-order valence-corrected chi connectivity index (χ1v) is 8.20. The number of nitrogens with one attached hydrogen (secondary N) is 2. The van der Waals surface area contributed by atoms with Gasteiger partial charge in [0.05, 0.1) is 12.6 Å². The molecular formula is C20H23IN4O. The van der Waals surface area contributed by atoms with Crippen molar-refractivity contribution in [2.75, 3.05) is 14.2 Å². The molecule has 0 spiro atoms. The lowest BCUT2D eigenvalue weighted by molar-refractivity contribution is 0.414. The first kappa shape index (κ1) is 20.0. The highest BCUT2D eigenvalue weighted by Crippen LogP contribution is 2.16. The van der Waals surface area contributed by atoms with E-state index in [1.165, 1.54) is 5.56 Å². The van der Waals surface area contributed by atoms with Gasteiger partial charge in [-0.25, -0.2) is 0 Å². The number of benzene rings is 2. The summed E-state index contributed by atoms with van der Waals surface area (Å²) in [5.41, 5.74) is 3.33. The van der Waals surface area contributed by atoms with Gasteiger partial charge in [-0.15, -0.1) is 24.0 Å². The van der Waals surface area contributed by atoms with Crippen LogP contribution in [0, 0.1) is 0 Å². The summed E-state index contributed by atoms with van der Waals surface area (Å²) < 4.78 is 5.25. The number of rotatable bonds is 5. The van der Waals surface area contributed by atoms with Crippen LogP contribution in [0.3, 0.4) is 0 Å². The van der Waals surface area contributed by atoms with E-state index >= 15 is 0 Å². The maximum absolute atomic E-state index is 5.25. The first-order chi connectivity index (χ1) is 12.3. The largest absolute Gasteiger partial charge is 0.497 e. The molecule has 0 bridgehead atoms. The number of ether oxygens (including phenoxy) is 1. The number of methoxy groups -OCH3 is 1. The Hall–Kier alpha value is -2.35.